The average molecular weight is 1210 g/mol. The standard InChI is InChI=1S/C63H44N4O15Si4/c1-12-17-22-27-36-83(8,9)80-86(81-84(10,11)37-28-23-18-13-2,82-85(38-29-24-19-14-3,39-30-25-20-15-4)40-31-26-21-16-5)48-42-46(41-47(43-48)66-59(70)51-54(62(75)76)56(67(7)79)55(51)63(77)78)65-58(69)50-52(60(71)72)49(53(50)61(73)74)57(68)64-45-34-32-44(6)33-35-45/h1-5,32-35,41-43,49-56H,6-11H3,(H6-,64,65,66,68,69,70,71,72,73,74,75,76,77,78)/p+1. The van der Waals surface area contributed by atoms with Gasteiger partial charge < -0.3 is 48.7 Å². The van der Waals surface area contributed by atoms with Crippen molar-refractivity contribution in [3.05, 3.63) is 52.9 Å². The molecule has 0 heterocycles. The number of benzene rings is 2. The van der Waals surface area contributed by atoms with E-state index in [0.717, 1.165) is 30.8 Å². The lowest BCUT2D eigenvalue weighted by atomic mass is 9.55. The number of carboxylic acid groups (broad SMARTS) is 4. The SMILES string of the molecule is C#CC#CC#C[Si](C)(C)O[Si](O[Si](C)(C)C#CC#CC#C)(O[Si](C#CC#CC#C)(C#CC#CC#C)C#CC#CC#C)c1cc(NC(=O)C2C(C(=O)O)C(C(=O)Nc3ccc(C)cc3)C2C(=O)O)cc(NC(=O)C2C(C(=O)O)C([N+](C)=O)C2C(=O)O)c1. The minimum Gasteiger partial charge on any atom is -0.481 e. The fourth-order valence-corrected chi connectivity index (χ4v) is 22.1. The van der Waals surface area contributed by atoms with Gasteiger partial charge in [-0.05, 0) is 187 Å². The maximum atomic E-state index is 14.8. The van der Waals surface area contributed by atoms with E-state index in [1.807, 2.05) is 0 Å². The van der Waals surface area contributed by atoms with Crippen LogP contribution < -0.4 is 21.1 Å². The van der Waals surface area contributed by atoms with E-state index in [-0.39, 0.29) is 15.6 Å². The summed E-state index contributed by atoms with van der Waals surface area (Å²) in [5.74, 6) is 23.7. The summed E-state index contributed by atoms with van der Waals surface area (Å²) in [6.45, 7) is 7.99. The Kier molecular flexibility index (Phi) is 23.3. The van der Waals surface area contributed by atoms with Crippen molar-refractivity contribution in [3.63, 3.8) is 0 Å². The third-order valence-electron chi connectivity index (χ3n) is 12.2. The average Bonchev–Trinajstić information content (AvgIpc) is 0.767. The van der Waals surface area contributed by atoms with Crippen LogP contribution in [-0.4, -0.2) is 114 Å². The van der Waals surface area contributed by atoms with Crippen molar-refractivity contribution >= 4 is 97.6 Å². The van der Waals surface area contributed by atoms with E-state index < -0.39 is 134 Å². The van der Waals surface area contributed by atoms with Crippen LogP contribution in [0.4, 0.5) is 17.1 Å². The van der Waals surface area contributed by atoms with E-state index in [1.165, 1.54) is 12.1 Å². The molecule has 4 unspecified atom stereocenters. The maximum Gasteiger partial charge on any atom is 0.509 e. The van der Waals surface area contributed by atoms with Gasteiger partial charge in [0.2, 0.25) is 23.8 Å². The number of carbonyl (C=O) groups excluding carboxylic acids is 3. The highest BCUT2D eigenvalue weighted by atomic mass is 28.5. The highest BCUT2D eigenvalue weighted by Gasteiger charge is 2.68. The monoisotopic (exact) mass is 1210 g/mol. The van der Waals surface area contributed by atoms with Crippen LogP contribution in [0.15, 0.2) is 42.5 Å². The van der Waals surface area contributed by atoms with Gasteiger partial charge in [-0.25, -0.2) is 0 Å². The van der Waals surface area contributed by atoms with Gasteiger partial charge in [0.25, 0.3) is 16.6 Å². The number of rotatable bonds is 18. The van der Waals surface area contributed by atoms with E-state index in [4.69, 9.17) is 44.5 Å². The van der Waals surface area contributed by atoms with Crippen LogP contribution in [0.2, 0.25) is 26.2 Å². The molecule has 19 nitrogen and oxygen atoms in total. The quantitative estimate of drug-likeness (QED) is 0.0632. The van der Waals surface area contributed by atoms with Gasteiger partial charge in [0.05, 0.1) is 29.6 Å². The minimum absolute atomic E-state index is 0.103. The normalized spacial score (nSPS) is 18.1. The molecule has 2 aromatic carbocycles. The van der Waals surface area contributed by atoms with E-state index in [1.54, 1.807) is 45.2 Å². The smallest absolute Gasteiger partial charge is 0.481 e. The van der Waals surface area contributed by atoms with E-state index in [0.29, 0.717) is 0 Å². The Morgan fingerprint density at radius 2 is 0.756 bits per heavy atom. The number of anilines is 3. The molecule has 23 heteroatoms. The van der Waals surface area contributed by atoms with E-state index in [9.17, 15) is 58.9 Å². The van der Waals surface area contributed by atoms with Crippen LogP contribution in [0, 0.1) is 232 Å². The van der Waals surface area contributed by atoms with Crippen LogP contribution in [0.1, 0.15) is 5.56 Å². The molecule has 0 bridgehead atoms. The number of amides is 3. The molecule has 7 N–H and O–H groups in total. The van der Waals surface area contributed by atoms with Crippen molar-refractivity contribution in [2.45, 2.75) is 39.2 Å². The van der Waals surface area contributed by atoms with Crippen LogP contribution in [0.3, 0.4) is 0 Å². The molecule has 3 amide bonds. The number of hydrogen-bond acceptors (Lipinski definition) is 11. The number of nitroso groups, excluding NO2 is 1. The summed E-state index contributed by atoms with van der Waals surface area (Å²) in [6.07, 6.45) is 27.0. The number of carbonyl (C=O) groups is 7. The Morgan fingerprint density at radius 3 is 1.07 bits per heavy atom. The lowest BCUT2D eigenvalue weighted by Crippen LogP contribution is -2.69. The van der Waals surface area contributed by atoms with Gasteiger partial charge in [0.1, 0.15) is 11.8 Å². The summed E-state index contributed by atoms with van der Waals surface area (Å²) in [7, 11) is -16.9. The zero-order chi connectivity index (χ0) is 64.0. The summed E-state index contributed by atoms with van der Waals surface area (Å²) >= 11 is 0. The van der Waals surface area contributed by atoms with Crippen molar-refractivity contribution < 1.29 is 71.1 Å². The molecule has 86 heavy (non-hydrogen) atoms. The first-order chi connectivity index (χ1) is 40.7. The highest BCUT2D eigenvalue weighted by Crippen LogP contribution is 2.48. The van der Waals surface area contributed by atoms with Crippen LogP contribution in [0.5, 0.6) is 0 Å². The predicted octanol–water partition coefficient (Wildman–Crippen LogP) is 1.41. The topological polar surface area (TPSA) is 284 Å². The van der Waals surface area contributed by atoms with Gasteiger partial charge in [-0.1, -0.05) is 45.4 Å². The van der Waals surface area contributed by atoms with Crippen molar-refractivity contribution in [1.29, 1.82) is 0 Å². The Morgan fingerprint density at radius 1 is 0.442 bits per heavy atom. The summed E-state index contributed by atoms with van der Waals surface area (Å²) in [4.78, 5) is 107. The molecule has 422 valence electrons. The number of aryl methyl sites for hydroxylation is 1. The predicted molar refractivity (Wildman–Crippen MR) is 323 cm³/mol. The third-order valence-corrected chi connectivity index (χ3v) is 24.6. The largest absolute Gasteiger partial charge is 0.509 e. The zero-order valence-corrected chi connectivity index (χ0v) is 50.3. The highest BCUT2D eigenvalue weighted by molar-refractivity contribution is 7.05. The molecule has 0 spiro atoms. The van der Waals surface area contributed by atoms with Gasteiger partial charge in [-0.3, -0.25) is 33.6 Å². The number of nitrogens with one attached hydrogen (secondary N) is 3. The first-order valence-electron chi connectivity index (χ1n) is 24.6. The molecule has 4 rings (SSSR count). The van der Waals surface area contributed by atoms with E-state index in [2.05, 4.69) is 162 Å². The second kappa shape index (κ2) is 30.0. The first kappa shape index (κ1) is 67.0. The molecule has 0 aromatic heterocycles. The number of carboxylic acids is 4. The number of terminal acetylenes is 5. The van der Waals surface area contributed by atoms with Gasteiger partial charge in [-0.2, -0.15) is 0 Å². The van der Waals surface area contributed by atoms with Crippen molar-refractivity contribution in [2.24, 2.45) is 41.4 Å². The Labute approximate surface area is 501 Å². The number of aliphatic carboxylic acids is 4. The minimum atomic E-state index is -5.40. The second-order valence-electron chi connectivity index (χ2n) is 19.0. The lowest BCUT2D eigenvalue weighted by molar-refractivity contribution is -0.590. The molecule has 2 aliphatic rings. The first-order valence-corrected chi connectivity index (χ1v) is 34.1. The Balaban J connectivity index is 2.28. The summed E-state index contributed by atoms with van der Waals surface area (Å²) in [5.41, 5.74) is 14.5. The zero-order valence-electron chi connectivity index (χ0n) is 46.3. The van der Waals surface area contributed by atoms with Gasteiger partial charge in [-0.15, -0.1) is 32.1 Å². The lowest BCUT2D eigenvalue weighted by Gasteiger charge is -2.45. The summed E-state index contributed by atoms with van der Waals surface area (Å²) in [6, 6.07) is 7.87. The molecular weight excluding hydrogens is 1170 g/mol. The molecule has 0 radical (unpaired) electrons. The molecule has 2 saturated carbocycles. The van der Waals surface area contributed by atoms with Gasteiger partial charge in [0, 0.05) is 27.2 Å². The molecular formula is C63H45N4O15Si4+. The van der Waals surface area contributed by atoms with Crippen molar-refractivity contribution in [1.82, 2.24) is 0 Å². The number of hydrogen-bond donors (Lipinski definition) is 7. The van der Waals surface area contributed by atoms with Crippen LogP contribution >= 0.6 is 0 Å². The fraction of sp³-hybridized carbons (Fsp3) is 0.222. The van der Waals surface area contributed by atoms with Gasteiger partial charge in [0.15, 0.2) is 7.05 Å². The third kappa shape index (κ3) is 17.5. The van der Waals surface area contributed by atoms with E-state index >= 15 is 0 Å². The van der Waals surface area contributed by atoms with Crippen LogP contribution in [-0.2, 0) is 45.9 Å². The van der Waals surface area contributed by atoms with Gasteiger partial charge >= 0.3 is 41.0 Å². The Bertz CT molecular complexity index is 3920. The van der Waals surface area contributed by atoms with Crippen LogP contribution in [0.25, 0.3) is 0 Å². The number of nitrogens with zero attached hydrogens (tertiary/aromatic N) is 1. The molecule has 0 aliphatic heterocycles. The molecule has 0 saturated heterocycles. The molecule has 2 aromatic rings. The molecule has 4 atom stereocenters. The molecule has 2 fully saturated rings. The molecule has 2 aliphatic carbocycles. The summed E-state index contributed by atoms with van der Waals surface area (Å²) < 4.78 is 21.6. The fourth-order valence-electron chi connectivity index (χ4n) is 8.77. The van der Waals surface area contributed by atoms with Crippen molar-refractivity contribution in [2.75, 3.05) is 23.0 Å². The van der Waals surface area contributed by atoms with Crippen molar-refractivity contribution in [3.8, 4) is 178 Å². The second-order valence-corrected chi connectivity index (χ2v) is 31.8. The summed E-state index contributed by atoms with van der Waals surface area (Å²) in [5, 5.41) is 48.9. The maximum absolute atomic E-state index is 14.8. The Hall–Kier alpha value is -11.5.